The van der Waals surface area contributed by atoms with Crippen molar-refractivity contribution in [2.75, 3.05) is 0 Å². The van der Waals surface area contributed by atoms with Gasteiger partial charge in [0.15, 0.2) is 11.2 Å². The van der Waals surface area contributed by atoms with E-state index in [-0.39, 0.29) is 17.3 Å². The van der Waals surface area contributed by atoms with E-state index in [2.05, 4.69) is 11.9 Å². The van der Waals surface area contributed by atoms with E-state index >= 15 is 0 Å². The molecule has 0 amide bonds. The van der Waals surface area contributed by atoms with Crippen LogP contribution in [0.5, 0.6) is 0 Å². The third kappa shape index (κ3) is 2.13. The highest BCUT2D eigenvalue weighted by atomic mass is 16.2. The molecular weight excluding hydrogens is 304 g/mol. The van der Waals surface area contributed by atoms with Crippen LogP contribution in [0.25, 0.3) is 16.9 Å². The molecule has 1 saturated carbocycles. The first kappa shape index (κ1) is 14.9. The van der Waals surface area contributed by atoms with E-state index in [1.54, 1.807) is 10.9 Å². The lowest BCUT2D eigenvalue weighted by molar-refractivity contribution is 0.632. The predicted octanol–water partition coefficient (Wildman–Crippen LogP) is 2.40. The quantitative estimate of drug-likeness (QED) is 0.740. The summed E-state index contributed by atoms with van der Waals surface area (Å²) in [6.07, 6.45) is 4.34. The molecule has 1 aliphatic rings. The zero-order valence-electron chi connectivity index (χ0n) is 13.9. The van der Waals surface area contributed by atoms with Crippen molar-refractivity contribution < 1.29 is 0 Å². The fraction of sp³-hybridized carbons (Fsp3) is 0.389. The molecule has 0 radical (unpaired) electrons. The Morgan fingerprint density at radius 3 is 2.62 bits per heavy atom. The predicted molar refractivity (Wildman–Crippen MR) is 92.9 cm³/mol. The van der Waals surface area contributed by atoms with Crippen LogP contribution in [0.3, 0.4) is 0 Å². The van der Waals surface area contributed by atoms with Gasteiger partial charge in [0.05, 0.1) is 12.0 Å². The van der Waals surface area contributed by atoms with E-state index in [4.69, 9.17) is 0 Å². The van der Waals surface area contributed by atoms with E-state index < -0.39 is 0 Å². The Morgan fingerprint density at radius 2 is 1.96 bits per heavy atom. The normalized spacial score (nSPS) is 14.4. The molecule has 2 heterocycles. The standard InChI is InChI=1S/C18H20N4O2/c1-3-10-20-11-19-16-15(20)17(23)21(13-8-9-13)18(24)22(16)14-7-5-4-6-12(14)2/h4-7,11,13H,3,8-10H2,1-2H3. The van der Waals surface area contributed by atoms with Gasteiger partial charge in [0.2, 0.25) is 0 Å². The van der Waals surface area contributed by atoms with Gasteiger partial charge in [-0.05, 0) is 37.8 Å². The van der Waals surface area contributed by atoms with E-state index in [1.807, 2.05) is 35.8 Å². The first-order valence-electron chi connectivity index (χ1n) is 8.42. The monoisotopic (exact) mass is 324 g/mol. The lowest BCUT2D eigenvalue weighted by atomic mass is 10.2. The van der Waals surface area contributed by atoms with Crippen molar-refractivity contribution in [2.45, 2.75) is 45.7 Å². The van der Waals surface area contributed by atoms with Gasteiger partial charge >= 0.3 is 5.69 Å². The largest absolute Gasteiger partial charge is 0.337 e. The van der Waals surface area contributed by atoms with Crippen LogP contribution in [0.4, 0.5) is 0 Å². The maximum absolute atomic E-state index is 13.1. The number of nitrogens with zero attached hydrogens (tertiary/aromatic N) is 4. The van der Waals surface area contributed by atoms with Crippen LogP contribution in [-0.4, -0.2) is 18.7 Å². The van der Waals surface area contributed by atoms with Gasteiger partial charge in [-0.25, -0.2) is 14.3 Å². The molecule has 0 aliphatic heterocycles. The van der Waals surface area contributed by atoms with Crippen molar-refractivity contribution >= 4 is 11.2 Å². The zero-order valence-corrected chi connectivity index (χ0v) is 13.9. The van der Waals surface area contributed by atoms with Gasteiger partial charge in [0.1, 0.15) is 0 Å². The lowest BCUT2D eigenvalue weighted by Crippen LogP contribution is -2.39. The molecule has 1 aliphatic carbocycles. The molecule has 24 heavy (non-hydrogen) atoms. The van der Waals surface area contributed by atoms with E-state index in [1.165, 1.54) is 4.57 Å². The highest BCUT2D eigenvalue weighted by molar-refractivity contribution is 5.72. The van der Waals surface area contributed by atoms with Crippen LogP contribution in [0.1, 0.15) is 37.8 Å². The number of benzene rings is 1. The Balaban J connectivity index is 2.15. The maximum Gasteiger partial charge on any atom is 0.337 e. The van der Waals surface area contributed by atoms with Gasteiger partial charge < -0.3 is 4.57 Å². The molecule has 6 heteroatoms. The number of aryl methyl sites for hydroxylation is 2. The molecule has 0 spiro atoms. The summed E-state index contributed by atoms with van der Waals surface area (Å²) < 4.78 is 4.88. The van der Waals surface area contributed by atoms with E-state index in [9.17, 15) is 9.59 Å². The summed E-state index contributed by atoms with van der Waals surface area (Å²) in [4.78, 5) is 30.4. The van der Waals surface area contributed by atoms with Gasteiger partial charge in [-0.1, -0.05) is 25.1 Å². The number of rotatable bonds is 4. The summed E-state index contributed by atoms with van der Waals surface area (Å²) in [6, 6.07) is 7.72. The average Bonchev–Trinajstić information content (AvgIpc) is 3.30. The van der Waals surface area contributed by atoms with Crippen LogP contribution in [0.2, 0.25) is 0 Å². The smallest absolute Gasteiger partial charge is 0.325 e. The second-order valence-corrected chi connectivity index (χ2v) is 6.42. The Kier molecular flexibility index (Phi) is 3.40. The summed E-state index contributed by atoms with van der Waals surface area (Å²) >= 11 is 0. The minimum absolute atomic E-state index is 0.0228. The zero-order chi connectivity index (χ0) is 16.8. The van der Waals surface area contributed by atoms with Crippen LogP contribution >= 0.6 is 0 Å². The second-order valence-electron chi connectivity index (χ2n) is 6.42. The van der Waals surface area contributed by atoms with Crippen LogP contribution < -0.4 is 11.2 Å². The number of hydrogen-bond donors (Lipinski definition) is 0. The van der Waals surface area contributed by atoms with E-state index in [0.29, 0.717) is 17.7 Å². The summed E-state index contributed by atoms with van der Waals surface area (Å²) in [7, 11) is 0. The van der Waals surface area contributed by atoms with E-state index in [0.717, 1.165) is 30.5 Å². The van der Waals surface area contributed by atoms with Crippen LogP contribution in [0.15, 0.2) is 40.2 Å². The number of aromatic nitrogens is 4. The van der Waals surface area contributed by atoms with Gasteiger partial charge in [0.25, 0.3) is 5.56 Å². The first-order valence-corrected chi connectivity index (χ1v) is 8.42. The SMILES string of the molecule is CCCn1cnc2c1c(=O)n(C1CC1)c(=O)n2-c1ccccc1C. The molecule has 3 aromatic rings. The molecule has 6 nitrogen and oxygen atoms in total. The van der Waals surface area contributed by atoms with Gasteiger partial charge in [0, 0.05) is 12.6 Å². The Labute approximate surface area is 139 Å². The fourth-order valence-electron chi connectivity index (χ4n) is 3.25. The molecule has 0 bridgehead atoms. The minimum atomic E-state index is -0.286. The van der Waals surface area contributed by atoms with Crippen LogP contribution in [0, 0.1) is 6.92 Å². The molecular formula is C18H20N4O2. The average molecular weight is 324 g/mol. The third-order valence-electron chi connectivity index (χ3n) is 4.58. The van der Waals surface area contributed by atoms with Gasteiger partial charge in [-0.15, -0.1) is 0 Å². The molecule has 1 aromatic carbocycles. The lowest BCUT2D eigenvalue weighted by Gasteiger charge is -2.13. The van der Waals surface area contributed by atoms with Gasteiger partial charge in [-0.3, -0.25) is 9.36 Å². The molecule has 0 atom stereocenters. The number of para-hydroxylation sites is 1. The number of fused-ring (bicyclic) bond motifs is 1. The molecule has 0 saturated heterocycles. The maximum atomic E-state index is 13.1. The molecule has 124 valence electrons. The topological polar surface area (TPSA) is 61.8 Å². The molecule has 1 fully saturated rings. The van der Waals surface area contributed by atoms with Crippen molar-refractivity contribution in [3.8, 4) is 5.69 Å². The van der Waals surface area contributed by atoms with Crippen molar-refractivity contribution in [1.29, 1.82) is 0 Å². The summed E-state index contributed by atoms with van der Waals surface area (Å²) in [6.45, 7) is 4.73. The van der Waals surface area contributed by atoms with Crippen molar-refractivity contribution in [3.63, 3.8) is 0 Å². The Morgan fingerprint density at radius 1 is 1.21 bits per heavy atom. The van der Waals surface area contributed by atoms with Crippen LogP contribution in [-0.2, 0) is 6.54 Å². The van der Waals surface area contributed by atoms with Crippen molar-refractivity contribution in [2.24, 2.45) is 0 Å². The third-order valence-corrected chi connectivity index (χ3v) is 4.58. The molecule has 0 unspecified atom stereocenters. The summed E-state index contributed by atoms with van der Waals surface area (Å²) in [5, 5.41) is 0. The first-order chi connectivity index (χ1) is 11.6. The van der Waals surface area contributed by atoms with Crippen molar-refractivity contribution in [1.82, 2.24) is 18.7 Å². The summed E-state index contributed by atoms with van der Waals surface area (Å²) in [5.74, 6) is 0. The molecule has 4 rings (SSSR count). The van der Waals surface area contributed by atoms with Gasteiger partial charge in [-0.2, -0.15) is 0 Å². The minimum Gasteiger partial charge on any atom is -0.325 e. The highest BCUT2D eigenvalue weighted by Crippen LogP contribution is 2.32. The van der Waals surface area contributed by atoms with Crippen molar-refractivity contribution in [3.05, 3.63) is 57.0 Å². The molecule has 2 aromatic heterocycles. The Bertz CT molecular complexity index is 1040. The highest BCUT2D eigenvalue weighted by Gasteiger charge is 2.30. The second kappa shape index (κ2) is 5.47. The molecule has 0 N–H and O–H groups in total. The number of hydrogen-bond acceptors (Lipinski definition) is 3. The Hall–Kier alpha value is -2.63. The number of imidazole rings is 1. The summed E-state index contributed by atoms with van der Waals surface area (Å²) in [5.41, 5.74) is 2.23. The fourth-order valence-corrected chi connectivity index (χ4v) is 3.25.